The quantitative estimate of drug-likeness (QED) is 0.523. The molecule has 0 saturated carbocycles. The number of Topliss-reactive ketones (excluding diaryl/α,β-unsaturated/α-hetero) is 1. The van der Waals surface area contributed by atoms with E-state index in [1.54, 1.807) is 30.3 Å². The summed E-state index contributed by atoms with van der Waals surface area (Å²) in [7, 11) is 0. The number of carbonyl (C=O) groups excluding carboxylic acids is 1. The molecule has 1 N–H and O–H groups in total. The first-order valence-electron chi connectivity index (χ1n) is 11.0. The molecule has 0 fully saturated rings. The van der Waals surface area contributed by atoms with Crippen molar-refractivity contribution in [1.82, 2.24) is 14.8 Å². The average Bonchev–Trinajstić information content (AvgIpc) is 3.27. The molecule has 7 nitrogen and oxygen atoms in total. The largest absolute Gasteiger partial charge is 0.486 e. The van der Waals surface area contributed by atoms with Crippen LogP contribution in [0.3, 0.4) is 0 Å². The Bertz CT molecular complexity index is 1370. The third-order valence-electron chi connectivity index (χ3n) is 6.40. The second-order valence-corrected chi connectivity index (χ2v) is 9.04. The zero-order valence-electron chi connectivity index (χ0n) is 18.1. The molecule has 3 heterocycles. The Morgan fingerprint density at radius 2 is 1.71 bits per heavy atom. The van der Waals surface area contributed by atoms with Gasteiger partial charge in [-0.1, -0.05) is 29.8 Å². The van der Waals surface area contributed by atoms with Crippen LogP contribution in [0.15, 0.2) is 53.7 Å². The van der Waals surface area contributed by atoms with Gasteiger partial charge in [-0.25, -0.2) is 4.68 Å². The summed E-state index contributed by atoms with van der Waals surface area (Å²) in [5, 5.41) is 7.29. The third-order valence-corrected chi connectivity index (χ3v) is 6.65. The number of hydrogen-bond donors (Lipinski definition) is 1. The molecule has 2 unspecified atom stereocenters. The smallest absolute Gasteiger partial charge is 0.453 e. The van der Waals surface area contributed by atoms with Gasteiger partial charge in [0.2, 0.25) is 5.95 Å². The topological polar surface area (TPSA) is 78.3 Å². The van der Waals surface area contributed by atoms with E-state index in [1.807, 2.05) is 12.1 Å². The normalized spacial score (nSPS) is 21.3. The minimum Gasteiger partial charge on any atom is -0.486 e. The lowest BCUT2D eigenvalue weighted by atomic mass is 9.78. The molecule has 3 aliphatic rings. The molecule has 0 amide bonds. The zero-order chi connectivity index (χ0) is 24.3. The molecule has 35 heavy (non-hydrogen) atoms. The highest BCUT2D eigenvalue weighted by atomic mass is 35.5. The minimum absolute atomic E-state index is 0.0690. The van der Waals surface area contributed by atoms with Crippen LogP contribution in [0, 0.1) is 0 Å². The van der Waals surface area contributed by atoms with E-state index in [4.69, 9.17) is 21.1 Å². The van der Waals surface area contributed by atoms with Crippen LogP contribution < -0.4 is 14.8 Å². The number of alkyl halides is 3. The summed E-state index contributed by atoms with van der Waals surface area (Å²) in [6.07, 6.45) is -4.10. The number of rotatable bonds is 2. The number of benzene rings is 2. The number of aromatic nitrogens is 3. The van der Waals surface area contributed by atoms with E-state index in [9.17, 15) is 18.0 Å². The van der Waals surface area contributed by atoms with Gasteiger partial charge < -0.3 is 14.8 Å². The fraction of sp³-hybridized carbons (Fsp3) is 0.292. The average molecular weight is 503 g/mol. The Kier molecular flexibility index (Phi) is 5.03. The number of halogens is 4. The number of nitrogens with zero attached hydrogens (tertiary/aromatic N) is 3. The second-order valence-electron chi connectivity index (χ2n) is 8.60. The summed E-state index contributed by atoms with van der Waals surface area (Å²) in [6.45, 7) is 0.757. The first kappa shape index (κ1) is 22.0. The molecule has 0 radical (unpaired) electrons. The number of ketones is 1. The van der Waals surface area contributed by atoms with E-state index < -0.39 is 18.0 Å². The Balaban J connectivity index is 1.47. The summed E-state index contributed by atoms with van der Waals surface area (Å²) < 4.78 is 52.9. The van der Waals surface area contributed by atoms with Gasteiger partial charge in [-0.3, -0.25) is 4.79 Å². The Morgan fingerprint density at radius 3 is 2.46 bits per heavy atom. The molecule has 0 bridgehead atoms. The highest BCUT2D eigenvalue weighted by Crippen LogP contribution is 2.46. The van der Waals surface area contributed by atoms with E-state index in [0.29, 0.717) is 53.0 Å². The van der Waals surface area contributed by atoms with Crippen LogP contribution in [0.1, 0.15) is 41.8 Å². The van der Waals surface area contributed by atoms with Crippen LogP contribution in [-0.2, 0) is 11.0 Å². The molecule has 180 valence electrons. The van der Waals surface area contributed by atoms with E-state index in [2.05, 4.69) is 15.4 Å². The van der Waals surface area contributed by atoms with Crippen molar-refractivity contribution in [2.24, 2.45) is 0 Å². The highest BCUT2D eigenvalue weighted by Gasteiger charge is 2.43. The maximum absolute atomic E-state index is 13.5. The number of fused-ring (bicyclic) bond motifs is 2. The number of allylic oxidation sites excluding steroid dienone is 2. The van der Waals surface area contributed by atoms with Crippen LogP contribution in [0.25, 0.3) is 0 Å². The molecule has 2 aromatic carbocycles. The number of anilines is 1. The van der Waals surface area contributed by atoms with Gasteiger partial charge in [-0.05, 0) is 47.7 Å². The van der Waals surface area contributed by atoms with Crippen molar-refractivity contribution >= 4 is 23.3 Å². The van der Waals surface area contributed by atoms with Gasteiger partial charge in [0.15, 0.2) is 17.3 Å². The van der Waals surface area contributed by atoms with Gasteiger partial charge in [-0.15, -0.1) is 5.10 Å². The summed E-state index contributed by atoms with van der Waals surface area (Å²) in [4.78, 5) is 17.2. The van der Waals surface area contributed by atoms with Crippen molar-refractivity contribution in [3.63, 3.8) is 0 Å². The van der Waals surface area contributed by atoms with Crippen LogP contribution in [0.2, 0.25) is 5.02 Å². The van der Waals surface area contributed by atoms with Gasteiger partial charge in [0.1, 0.15) is 19.3 Å². The van der Waals surface area contributed by atoms with Crippen LogP contribution in [-0.4, -0.2) is 33.8 Å². The van der Waals surface area contributed by atoms with Crippen molar-refractivity contribution in [3.05, 3.63) is 75.7 Å². The summed E-state index contributed by atoms with van der Waals surface area (Å²) in [5.41, 5.74) is 2.39. The van der Waals surface area contributed by atoms with Crippen molar-refractivity contribution in [2.75, 3.05) is 18.5 Å². The van der Waals surface area contributed by atoms with Crippen LogP contribution in [0.5, 0.6) is 11.5 Å². The van der Waals surface area contributed by atoms with E-state index >= 15 is 0 Å². The van der Waals surface area contributed by atoms with Crippen molar-refractivity contribution in [2.45, 2.75) is 31.0 Å². The fourth-order valence-corrected chi connectivity index (χ4v) is 4.97. The Hall–Kier alpha value is -3.53. The molecule has 1 aliphatic carbocycles. The van der Waals surface area contributed by atoms with Crippen molar-refractivity contribution in [1.29, 1.82) is 0 Å². The lowest BCUT2D eigenvalue weighted by Crippen LogP contribution is -2.33. The Morgan fingerprint density at radius 1 is 1.00 bits per heavy atom. The summed E-state index contributed by atoms with van der Waals surface area (Å²) >= 11 is 6.01. The molecular formula is C24H18ClF3N4O3. The number of carbonyl (C=O) groups is 1. The predicted molar refractivity (Wildman–Crippen MR) is 120 cm³/mol. The molecule has 6 rings (SSSR count). The lowest BCUT2D eigenvalue weighted by Gasteiger charge is -2.35. The SMILES string of the molecule is O=C1CC(c2ccc(Cl)cc2)CC2=C1C(c1ccc3c(c1)OCCO3)n1nc(C(F)(F)F)nc1N2. The van der Waals surface area contributed by atoms with E-state index in [-0.39, 0.29) is 24.1 Å². The summed E-state index contributed by atoms with van der Waals surface area (Å²) in [6, 6.07) is 11.4. The first-order valence-corrected chi connectivity index (χ1v) is 11.4. The lowest BCUT2D eigenvalue weighted by molar-refractivity contribution is -0.145. The second kappa shape index (κ2) is 8.01. The Labute approximate surface area is 202 Å². The van der Waals surface area contributed by atoms with Gasteiger partial charge in [0.05, 0.1) is 0 Å². The zero-order valence-corrected chi connectivity index (χ0v) is 18.9. The summed E-state index contributed by atoms with van der Waals surface area (Å²) in [5.74, 6) is -0.661. The third kappa shape index (κ3) is 3.81. The first-order chi connectivity index (χ1) is 16.8. The molecule has 3 aromatic rings. The molecule has 1 aromatic heterocycles. The number of hydrogen-bond acceptors (Lipinski definition) is 6. The molecule has 2 atom stereocenters. The standard InChI is InChI=1S/C24H18ClF3N4O3/c25-15-4-1-12(2-5-15)14-9-16-20(17(33)10-14)21(13-3-6-18-19(11-13)35-8-7-34-18)32-23(29-16)30-22(31-32)24(26,27)28/h1-6,11,14,21H,7-10H2,(H,29,30,31). The van der Waals surface area contributed by atoms with Gasteiger partial charge >= 0.3 is 6.18 Å². The number of nitrogens with one attached hydrogen (secondary N) is 1. The highest BCUT2D eigenvalue weighted by molar-refractivity contribution is 6.30. The predicted octanol–water partition coefficient (Wildman–Crippen LogP) is 5.14. The monoisotopic (exact) mass is 502 g/mol. The van der Waals surface area contributed by atoms with Crippen molar-refractivity contribution < 1.29 is 27.4 Å². The maximum Gasteiger partial charge on any atom is 0.453 e. The molecule has 0 spiro atoms. The molecule has 0 saturated heterocycles. The molecular weight excluding hydrogens is 485 g/mol. The molecule has 11 heteroatoms. The molecule has 2 aliphatic heterocycles. The van der Waals surface area contributed by atoms with E-state index in [0.717, 1.165) is 10.2 Å². The van der Waals surface area contributed by atoms with E-state index in [1.165, 1.54) is 0 Å². The maximum atomic E-state index is 13.5. The van der Waals surface area contributed by atoms with Crippen LogP contribution >= 0.6 is 11.6 Å². The van der Waals surface area contributed by atoms with Gasteiger partial charge in [0.25, 0.3) is 5.82 Å². The van der Waals surface area contributed by atoms with Gasteiger partial charge in [-0.2, -0.15) is 18.2 Å². The van der Waals surface area contributed by atoms with Gasteiger partial charge in [0, 0.05) is 22.7 Å². The van der Waals surface area contributed by atoms with Crippen molar-refractivity contribution in [3.8, 4) is 11.5 Å². The fourth-order valence-electron chi connectivity index (χ4n) is 4.84. The number of ether oxygens (including phenoxy) is 2. The van der Waals surface area contributed by atoms with Crippen LogP contribution in [0.4, 0.5) is 19.1 Å². The minimum atomic E-state index is -4.74.